The molecule has 0 unspecified atom stereocenters. The number of rotatable bonds is 4. The highest BCUT2D eigenvalue weighted by Gasteiger charge is 2.33. The van der Waals surface area contributed by atoms with Crippen molar-refractivity contribution in [3.05, 3.63) is 39.0 Å². The lowest BCUT2D eigenvalue weighted by molar-refractivity contribution is 0.204. The summed E-state index contributed by atoms with van der Waals surface area (Å²) in [5, 5.41) is 9.76. The number of aromatic amines is 1. The van der Waals surface area contributed by atoms with Crippen molar-refractivity contribution in [2.45, 2.75) is 23.8 Å². The minimum absolute atomic E-state index is 0.000227. The summed E-state index contributed by atoms with van der Waals surface area (Å²) in [6, 6.07) is 4.19. The Morgan fingerprint density at radius 1 is 1.21 bits per heavy atom. The SMILES string of the molecule is CN(C)[C@@H]1CC[C@H](CO)CN(S(=O)(=O)c2ccc3[nH]c(=O)n(C)c(=O)c3c2)C1. The molecular formula is C18H26N4O5S. The van der Waals surface area contributed by atoms with Gasteiger partial charge in [0.2, 0.25) is 10.0 Å². The molecule has 1 aliphatic heterocycles. The van der Waals surface area contributed by atoms with Crippen LogP contribution in [0.3, 0.4) is 0 Å². The molecule has 3 rings (SSSR count). The van der Waals surface area contributed by atoms with Crippen LogP contribution in [0.4, 0.5) is 0 Å². The standard InChI is InChI=1S/C18H26N4O5S/c1-20(2)13-5-4-12(11-23)9-22(10-13)28(26,27)14-6-7-16-15(8-14)17(24)21(3)18(25)19-16/h6-8,12-13,23H,4-5,9-11H2,1-3H3,(H,19,25)/t12-,13+/m0/s1. The second-order valence-electron chi connectivity index (χ2n) is 7.57. The topological polar surface area (TPSA) is 116 Å². The van der Waals surface area contributed by atoms with Crippen molar-refractivity contribution in [3.8, 4) is 0 Å². The Labute approximate surface area is 163 Å². The number of fused-ring (bicyclic) bond motifs is 1. The van der Waals surface area contributed by atoms with Crippen molar-refractivity contribution in [2.24, 2.45) is 13.0 Å². The molecule has 2 aromatic rings. The van der Waals surface area contributed by atoms with E-state index in [4.69, 9.17) is 0 Å². The average Bonchev–Trinajstić information content (AvgIpc) is 2.89. The van der Waals surface area contributed by atoms with Crippen LogP contribution >= 0.6 is 0 Å². The fourth-order valence-corrected chi connectivity index (χ4v) is 5.15. The molecule has 0 amide bonds. The molecule has 10 heteroatoms. The Balaban J connectivity index is 2.07. The van der Waals surface area contributed by atoms with Crippen molar-refractivity contribution in [2.75, 3.05) is 33.8 Å². The molecule has 2 heterocycles. The number of nitrogens with one attached hydrogen (secondary N) is 1. The molecule has 0 bridgehead atoms. The number of H-pyrrole nitrogens is 1. The minimum Gasteiger partial charge on any atom is -0.396 e. The predicted molar refractivity (Wildman–Crippen MR) is 106 cm³/mol. The second-order valence-corrected chi connectivity index (χ2v) is 9.51. The van der Waals surface area contributed by atoms with Gasteiger partial charge in [-0.25, -0.2) is 13.2 Å². The Kier molecular flexibility index (Phi) is 5.76. The number of sulfonamides is 1. The summed E-state index contributed by atoms with van der Waals surface area (Å²) in [7, 11) is 1.28. The van der Waals surface area contributed by atoms with Crippen molar-refractivity contribution in [3.63, 3.8) is 0 Å². The number of hydrogen-bond donors (Lipinski definition) is 2. The molecule has 1 fully saturated rings. The molecule has 1 aromatic carbocycles. The van der Waals surface area contributed by atoms with Crippen molar-refractivity contribution < 1.29 is 13.5 Å². The maximum atomic E-state index is 13.3. The van der Waals surface area contributed by atoms with Crippen LogP contribution in [-0.4, -0.2) is 72.1 Å². The van der Waals surface area contributed by atoms with Gasteiger partial charge in [0.15, 0.2) is 0 Å². The third-order valence-electron chi connectivity index (χ3n) is 5.48. The number of aliphatic hydroxyl groups is 1. The average molecular weight is 410 g/mol. The molecule has 1 aliphatic rings. The molecule has 0 radical (unpaired) electrons. The minimum atomic E-state index is -3.87. The van der Waals surface area contributed by atoms with E-state index in [1.165, 1.54) is 29.6 Å². The van der Waals surface area contributed by atoms with Gasteiger partial charge in [-0.05, 0) is 51.1 Å². The number of likely N-dealkylation sites (N-methyl/N-ethyl adjacent to an activating group) is 1. The van der Waals surface area contributed by atoms with Gasteiger partial charge in [-0.15, -0.1) is 0 Å². The highest BCUT2D eigenvalue weighted by atomic mass is 32.2. The van der Waals surface area contributed by atoms with E-state index in [-0.39, 0.29) is 35.4 Å². The number of aliphatic hydroxyl groups excluding tert-OH is 1. The van der Waals surface area contributed by atoms with Crippen LogP contribution in [-0.2, 0) is 17.1 Å². The van der Waals surface area contributed by atoms with Gasteiger partial charge < -0.3 is 15.0 Å². The first kappa shape index (κ1) is 20.7. The first-order chi connectivity index (χ1) is 13.1. The molecule has 0 spiro atoms. The zero-order valence-corrected chi connectivity index (χ0v) is 17.1. The van der Waals surface area contributed by atoms with E-state index in [0.29, 0.717) is 12.1 Å². The molecule has 0 saturated carbocycles. The van der Waals surface area contributed by atoms with E-state index < -0.39 is 21.3 Å². The molecule has 28 heavy (non-hydrogen) atoms. The summed E-state index contributed by atoms with van der Waals surface area (Å²) in [5.41, 5.74) is -0.811. The largest absolute Gasteiger partial charge is 0.396 e. The Morgan fingerprint density at radius 3 is 2.57 bits per heavy atom. The van der Waals surface area contributed by atoms with Crippen LogP contribution < -0.4 is 11.2 Å². The second kappa shape index (κ2) is 7.78. The Morgan fingerprint density at radius 2 is 1.93 bits per heavy atom. The maximum Gasteiger partial charge on any atom is 0.328 e. The van der Waals surface area contributed by atoms with Crippen LogP contribution in [0.25, 0.3) is 10.9 Å². The van der Waals surface area contributed by atoms with Gasteiger partial charge in [0, 0.05) is 32.8 Å². The number of aromatic nitrogens is 2. The lowest BCUT2D eigenvalue weighted by Gasteiger charge is -2.28. The molecule has 2 N–H and O–H groups in total. The zero-order valence-electron chi connectivity index (χ0n) is 16.3. The lowest BCUT2D eigenvalue weighted by Crippen LogP contribution is -2.42. The third kappa shape index (κ3) is 3.77. The summed E-state index contributed by atoms with van der Waals surface area (Å²) in [6.45, 7) is 0.462. The molecule has 2 atom stereocenters. The monoisotopic (exact) mass is 410 g/mol. The number of nitrogens with zero attached hydrogens (tertiary/aromatic N) is 3. The van der Waals surface area contributed by atoms with Gasteiger partial charge in [0.1, 0.15) is 0 Å². The summed E-state index contributed by atoms with van der Waals surface area (Å²) >= 11 is 0. The molecular weight excluding hydrogens is 384 g/mol. The van der Waals surface area contributed by atoms with Crippen molar-refractivity contribution in [1.82, 2.24) is 18.8 Å². The molecule has 0 aliphatic carbocycles. The fraction of sp³-hybridized carbons (Fsp3) is 0.556. The smallest absolute Gasteiger partial charge is 0.328 e. The molecule has 154 valence electrons. The van der Waals surface area contributed by atoms with E-state index in [1.807, 2.05) is 19.0 Å². The summed E-state index contributed by atoms with van der Waals surface area (Å²) in [6.07, 6.45) is 1.54. The van der Waals surface area contributed by atoms with Gasteiger partial charge in [-0.1, -0.05) is 0 Å². The summed E-state index contributed by atoms with van der Waals surface area (Å²) < 4.78 is 28.9. The Bertz CT molecular complexity index is 1090. The zero-order chi connectivity index (χ0) is 20.6. The molecule has 9 nitrogen and oxygen atoms in total. The lowest BCUT2D eigenvalue weighted by atomic mass is 10.0. The van der Waals surface area contributed by atoms with Crippen LogP contribution in [0, 0.1) is 5.92 Å². The molecule has 1 aromatic heterocycles. The van der Waals surface area contributed by atoms with Gasteiger partial charge >= 0.3 is 5.69 Å². The van der Waals surface area contributed by atoms with Gasteiger partial charge in [-0.3, -0.25) is 9.36 Å². The van der Waals surface area contributed by atoms with E-state index in [9.17, 15) is 23.1 Å². The molecule has 1 saturated heterocycles. The third-order valence-corrected chi connectivity index (χ3v) is 7.31. The van der Waals surface area contributed by atoms with Crippen molar-refractivity contribution >= 4 is 20.9 Å². The maximum absolute atomic E-state index is 13.3. The van der Waals surface area contributed by atoms with E-state index in [0.717, 1.165) is 17.4 Å². The first-order valence-corrected chi connectivity index (χ1v) is 10.6. The van der Waals surface area contributed by atoms with Crippen molar-refractivity contribution in [1.29, 1.82) is 0 Å². The quantitative estimate of drug-likeness (QED) is 0.705. The Hall–Kier alpha value is -2.01. The van der Waals surface area contributed by atoms with Gasteiger partial charge in [0.25, 0.3) is 5.56 Å². The van der Waals surface area contributed by atoms with Crippen LogP contribution in [0.2, 0.25) is 0 Å². The summed E-state index contributed by atoms with van der Waals surface area (Å²) in [5.74, 6) is -0.135. The number of benzene rings is 1. The normalized spacial score (nSPS) is 21.9. The van der Waals surface area contributed by atoms with E-state index in [2.05, 4.69) is 4.98 Å². The van der Waals surface area contributed by atoms with Gasteiger partial charge in [0.05, 0.1) is 15.8 Å². The highest BCUT2D eigenvalue weighted by Crippen LogP contribution is 2.25. The van der Waals surface area contributed by atoms with Gasteiger partial charge in [-0.2, -0.15) is 4.31 Å². The number of hydrogen-bond acceptors (Lipinski definition) is 6. The van der Waals surface area contributed by atoms with E-state index in [1.54, 1.807) is 0 Å². The highest BCUT2D eigenvalue weighted by molar-refractivity contribution is 7.89. The van der Waals surface area contributed by atoms with Crippen LogP contribution in [0.1, 0.15) is 12.8 Å². The predicted octanol–water partition coefficient (Wildman–Crippen LogP) is -0.450. The fourth-order valence-electron chi connectivity index (χ4n) is 3.57. The van der Waals surface area contributed by atoms with E-state index >= 15 is 0 Å². The summed E-state index contributed by atoms with van der Waals surface area (Å²) in [4.78, 5) is 28.7. The first-order valence-electron chi connectivity index (χ1n) is 9.15. The van der Waals surface area contributed by atoms with Crippen LogP contribution in [0.5, 0.6) is 0 Å². The van der Waals surface area contributed by atoms with Crippen LogP contribution in [0.15, 0.2) is 32.7 Å².